The van der Waals surface area contributed by atoms with Crippen LogP contribution in [0.15, 0.2) is 47.2 Å². The van der Waals surface area contributed by atoms with E-state index in [1.54, 1.807) is 16.3 Å². The van der Waals surface area contributed by atoms with Crippen LogP contribution in [0.1, 0.15) is 90.5 Å². The third kappa shape index (κ3) is 9.60. The van der Waals surface area contributed by atoms with Crippen molar-refractivity contribution in [3.63, 3.8) is 0 Å². The first-order valence-electron chi connectivity index (χ1n) is 11.4. The van der Waals surface area contributed by atoms with Gasteiger partial charge in [0, 0.05) is 0 Å². The minimum atomic E-state index is -1.27. The van der Waals surface area contributed by atoms with Crippen molar-refractivity contribution in [2.45, 2.75) is 105 Å². The molecule has 0 aliphatic rings. The van der Waals surface area contributed by atoms with Crippen molar-refractivity contribution >= 4 is 13.6 Å². The Morgan fingerprint density at radius 1 is 0.778 bits per heavy atom. The van der Waals surface area contributed by atoms with Crippen molar-refractivity contribution in [3.05, 3.63) is 52.7 Å². The fraction of sp³-hybridized carbons (Fsp3) is 0.615. The molecule has 0 saturated carbocycles. The lowest BCUT2D eigenvalue weighted by Gasteiger charge is -2.22. The molecule has 1 heteroatoms. The number of rotatable bonds is 13. The maximum Gasteiger partial charge on any atom is 0.0724 e. The molecule has 0 amide bonds. The number of benzene rings is 1. The highest BCUT2D eigenvalue weighted by Gasteiger charge is 2.19. The van der Waals surface area contributed by atoms with Crippen LogP contribution < -0.4 is 0 Å². The molecule has 0 radical (unpaired) electrons. The molecule has 0 nitrogen and oxygen atoms in total. The quantitative estimate of drug-likeness (QED) is 0.180. The topological polar surface area (TPSA) is 0 Å². The molecule has 0 N–H and O–H groups in total. The lowest BCUT2D eigenvalue weighted by Crippen LogP contribution is -2.23. The predicted molar refractivity (Wildman–Crippen MR) is 128 cm³/mol. The normalized spacial score (nSPS) is 13.6. The molecule has 0 heterocycles. The van der Waals surface area contributed by atoms with Crippen LogP contribution in [-0.2, 0) is 0 Å². The van der Waals surface area contributed by atoms with Crippen molar-refractivity contribution in [2.75, 3.05) is 0 Å². The van der Waals surface area contributed by atoms with E-state index in [0.29, 0.717) is 0 Å². The summed E-state index contributed by atoms with van der Waals surface area (Å²) in [6.45, 7) is 14.5. The Hall–Kier alpha value is -1.08. The lowest BCUT2D eigenvalue weighted by atomic mass is 9.95. The van der Waals surface area contributed by atoms with Crippen LogP contribution in [-0.4, -0.2) is 8.07 Å². The summed E-state index contributed by atoms with van der Waals surface area (Å²) in [6, 6.07) is 11.1. The highest BCUT2D eigenvalue weighted by Crippen LogP contribution is 2.29. The second kappa shape index (κ2) is 13.2. The second-order valence-electron chi connectivity index (χ2n) is 9.06. The Labute approximate surface area is 171 Å². The molecular weight excluding hydrogens is 340 g/mol. The molecule has 27 heavy (non-hydrogen) atoms. The van der Waals surface area contributed by atoms with E-state index < -0.39 is 8.07 Å². The standard InChI is InChI=1S/C26H44Si/c1-7-9-11-14-20-25(23(3)27(4,5)6)22-26(21-15-12-10-8-2)24-18-16-13-17-19-24/h13,16-19,22H,7-12,14-15,20-21H2,1-6H3/b25-23+,26-22-. The zero-order valence-corrected chi connectivity index (χ0v) is 20.0. The molecule has 0 fully saturated rings. The molecule has 0 aliphatic heterocycles. The summed E-state index contributed by atoms with van der Waals surface area (Å²) in [5.74, 6) is 0. The van der Waals surface area contributed by atoms with Gasteiger partial charge in [-0.15, -0.1) is 0 Å². The van der Waals surface area contributed by atoms with Crippen molar-refractivity contribution in [3.8, 4) is 0 Å². The molecular formula is C26H44Si. The molecule has 1 aromatic carbocycles. The Morgan fingerprint density at radius 2 is 1.33 bits per heavy atom. The molecule has 152 valence electrons. The van der Waals surface area contributed by atoms with Crippen molar-refractivity contribution in [2.24, 2.45) is 0 Å². The molecule has 1 aromatic rings. The molecule has 0 aromatic heterocycles. The van der Waals surface area contributed by atoms with Gasteiger partial charge in [0.25, 0.3) is 0 Å². The van der Waals surface area contributed by atoms with Gasteiger partial charge in [-0.1, -0.05) is 119 Å². The first-order chi connectivity index (χ1) is 12.9. The van der Waals surface area contributed by atoms with Gasteiger partial charge < -0.3 is 0 Å². The van der Waals surface area contributed by atoms with Gasteiger partial charge in [-0.05, 0) is 43.7 Å². The summed E-state index contributed by atoms with van der Waals surface area (Å²) >= 11 is 0. The van der Waals surface area contributed by atoms with E-state index in [9.17, 15) is 0 Å². The minimum absolute atomic E-state index is 1.21. The minimum Gasteiger partial charge on any atom is -0.0809 e. The number of hydrogen-bond acceptors (Lipinski definition) is 0. The van der Waals surface area contributed by atoms with Crippen molar-refractivity contribution < 1.29 is 0 Å². The average molecular weight is 385 g/mol. The zero-order chi connectivity index (χ0) is 20.1. The number of unbranched alkanes of at least 4 members (excludes halogenated alkanes) is 6. The summed E-state index contributed by atoms with van der Waals surface area (Å²) in [4.78, 5) is 0. The van der Waals surface area contributed by atoms with Crippen LogP contribution in [0.2, 0.25) is 19.6 Å². The first kappa shape index (κ1) is 24.0. The van der Waals surface area contributed by atoms with E-state index in [0.717, 1.165) is 0 Å². The summed E-state index contributed by atoms with van der Waals surface area (Å²) < 4.78 is 0. The smallest absolute Gasteiger partial charge is 0.0724 e. The van der Waals surface area contributed by atoms with Gasteiger partial charge in [-0.25, -0.2) is 0 Å². The molecule has 0 spiro atoms. The average Bonchev–Trinajstić information content (AvgIpc) is 2.65. The maximum absolute atomic E-state index is 2.58. The molecule has 0 saturated heterocycles. The van der Waals surface area contributed by atoms with Gasteiger partial charge in [-0.2, -0.15) is 0 Å². The molecule has 0 unspecified atom stereocenters. The van der Waals surface area contributed by atoms with E-state index >= 15 is 0 Å². The fourth-order valence-electron chi connectivity index (χ4n) is 3.50. The molecule has 0 aliphatic carbocycles. The van der Waals surface area contributed by atoms with E-state index in [2.05, 4.69) is 76.8 Å². The summed E-state index contributed by atoms with van der Waals surface area (Å²) in [7, 11) is -1.27. The third-order valence-corrected chi connectivity index (χ3v) is 8.27. The maximum atomic E-state index is 2.58. The van der Waals surface area contributed by atoms with E-state index in [1.807, 2.05) is 0 Å². The molecule has 0 bridgehead atoms. The Kier molecular flexibility index (Phi) is 11.7. The highest BCUT2D eigenvalue weighted by molar-refractivity contribution is 6.83. The largest absolute Gasteiger partial charge is 0.0809 e. The van der Waals surface area contributed by atoms with Gasteiger partial charge in [0.05, 0.1) is 8.07 Å². The molecule has 0 atom stereocenters. The summed E-state index contributed by atoms with van der Waals surface area (Å²) in [5.41, 5.74) is 4.61. The zero-order valence-electron chi connectivity index (χ0n) is 19.0. The van der Waals surface area contributed by atoms with E-state index in [-0.39, 0.29) is 0 Å². The number of allylic oxidation sites excluding steroid dienone is 4. The predicted octanol–water partition coefficient (Wildman–Crippen LogP) is 9.20. The lowest BCUT2D eigenvalue weighted by molar-refractivity contribution is 0.666. The Balaban J connectivity index is 3.12. The van der Waals surface area contributed by atoms with Crippen LogP contribution >= 0.6 is 0 Å². The van der Waals surface area contributed by atoms with Crippen LogP contribution in [0.3, 0.4) is 0 Å². The van der Waals surface area contributed by atoms with Crippen molar-refractivity contribution in [1.82, 2.24) is 0 Å². The van der Waals surface area contributed by atoms with Crippen LogP contribution in [0.5, 0.6) is 0 Å². The molecule has 1 rings (SSSR count). The third-order valence-electron chi connectivity index (χ3n) is 5.70. The summed E-state index contributed by atoms with van der Waals surface area (Å²) in [6.07, 6.45) is 15.7. The van der Waals surface area contributed by atoms with Gasteiger partial charge in [-0.3, -0.25) is 0 Å². The van der Waals surface area contributed by atoms with Crippen LogP contribution in [0.25, 0.3) is 5.57 Å². The van der Waals surface area contributed by atoms with Crippen LogP contribution in [0, 0.1) is 0 Å². The van der Waals surface area contributed by atoms with E-state index in [1.165, 1.54) is 69.8 Å². The number of hydrogen-bond donors (Lipinski definition) is 0. The van der Waals surface area contributed by atoms with Gasteiger partial charge >= 0.3 is 0 Å². The van der Waals surface area contributed by atoms with Gasteiger partial charge in [0.1, 0.15) is 0 Å². The SMILES string of the molecule is CCCCCC/C(=C/C(CCCCCC)=C(\C)[Si](C)(C)C)c1ccccc1. The van der Waals surface area contributed by atoms with Gasteiger partial charge in [0.15, 0.2) is 0 Å². The van der Waals surface area contributed by atoms with Crippen LogP contribution in [0.4, 0.5) is 0 Å². The second-order valence-corrected chi connectivity index (χ2v) is 14.3. The van der Waals surface area contributed by atoms with Crippen molar-refractivity contribution in [1.29, 1.82) is 0 Å². The fourth-order valence-corrected chi connectivity index (χ4v) is 4.66. The highest BCUT2D eigenvalue weighted by atomic mass is 28.3. The summed E-state index contributed by atoms with van der Waals surface area (Å²) in [5, 5.41) is 1.70. The van der Waals surface area contributed by atoms with E-state index in [4.69, 9.17) is 0 Å². The first-order valence-corrected chi connectivity index (χ1v) is 14.9. The monoisotopic (exact) mass is 384 g/mol. The Morgan fingerprint density at radius 3 is 1.85 bits per heavy atom. The Bertz CT molecular complexity index is 572. The van der Waals surface area contributed by atoms with Gasteiger partial charge in [0.2, 0.25) is 0 Å².